The summed E-state index contributed by atoms with van der Waals surface area (Å²) in [7, 11) is -1.23. The summed E-state index contributed by atoms with van der Waals surface area (Å²) in [6.07, 6.45) is 4.94. The molecule has 4 rings (SSSR count). The van der Waals surface area contributed by atoms with Crippen molar-refractivity contribution < 1.29 is 26.7 Å². The van der Waals surface area contributed by atoms with E-state index in [0.29, 0.717) is 0 Å². The van der Waals surface area contributed by atoms with Crippen molar-refractivity contribution in [1.82, 2.24) is 0 Å². The largest absolute Gasteiger partial charge is 0.759 e. The predicted octanol–water partition coefficient (Wildman–Crippen LogP) is 5.48. The molecule has 0 bridgehead atoms. The van der Waals surface area contributed by atoms with Gasteiger partial charge in [-0.05, 0) is 101 Å². The summed E-state index contributed by atoms with van der Waals surface area (Å²) >= 11 is 3.14. The van der Waals surface area contributed by atoms with Crippen molar-refractivity contribution in [2.45, 2.75) is 20.3 Å². The fourth-order valence-electron chi connectivity index (χ4n) is 3.40. The van der Waals surface area contributed by atoms with Crippen molar-refractivity contribution in [3.8, 4) is 0 Å². The van der Waals surface area contributed by atoms with Gasteiger partial charge in [0.1, 0.15) is 23.8 Å². The number of hydrogen-bond acceptors (Lipinski definition) is 12. The van der Waals surface area contributed by atoms with Crippen LogP contribution in [-0.2, 0) is 24.5 Å². The lowest BCUT2D eigenvalue weighted by molar-refractivity contribution is -0.654. The molecule has 4 aromatic rings. The number of nitrogens with one attached hydrogen (secondary N) is 2. The molecular weight excluding hydrogens is 573 g/mol. The van der Waals surface area contributed by atoms with Crippen molar-refractivity contribution in [3.05, 3.63) is 70.7 Å². The van der Waals surface area contributed by atoms with Gasteiger partial charge >= 0.3 is 10.3 Å². The van der Waals surface area contributed by atoms with Crippen LogP contribution >= 0.6 is 22.7 Å². The van der Waals surface area contributed by atoms with E-state index in [4.69, 9.17) is 17.5 Å². The third kappa shape index (κ3) is 10.5. The smallest absolute Gasteiger partial charge is 0.408 e. The molecule has 0 aliphatic carbocycles. The third-order valence-electron chi connectivity index (χ3n) is 5.43. The van der Waals surface area contributed by atoms with Gasteiger partial charge in [0, 0.05) is 45.6 Å². The summed E-state index contributed by atoms with van der Waals surface area (Å²) in [4.78, 5) is 0. The van der Waals surface area contributed by atoms with Crippen LogP contribution in [0.1, 0.15) is 17.5 Å². The second-order valence-corrected chi connectivity index (χ2v) is 11.2. The first-order valence-corrected chi connectivity index (χ1v) is 15.1. The van der Waals surface area contributed by atoms with Gasteiger partial charge in [-0.2, -0.15) is 0 Å². The van der Waals surface area contributed by atoms with E-state index in [9.17, 15) is 0 Å². The first-order chi connectivity index (χ1) is 19.0. The lowest BCUT2D eigenvalue weighted by Gasteiger charge is -2.12. The Morgan fingerprint density at radius 2 is 1.15 bits per heavy atom. The number of aryl methyl sites for hydroxylation is 4. The van der Waals surface area contributed by atoms with Gasteiger partial charge in [-0.3, -0.25) is 8.42 Å². The third-order valence-corrected chi connectivity index (χ3v) is 7.10. The Bertz CT molecular complexity index is 1470. The van der Waals surface area contributed by atoms with E-state index in [0.717, 1.165) is 63.6 Å². The minimum absolute atomic E-state index is 0.853. The molecule has 0 aliphatic heterocycles. The van der Waals surface area contributed by atoms with Gasteiger partial charge in [0.05, 0.1) is 24.3 Å². The van der Waals surface area contributed by atoms with E-state index < -0.39 is 10.4 Å². The molecule has 0 saturated carbocycles. The summed E-state index contributed by atoms with van der Waals surface area (Å²) < 4.78 is 38.0. The van der Waals surface area contributed by atoms with Crippen LogP contribution in [-0.4, -0.2) is 30.6 Å². The predicted molar refractivity (Wildman–Crippen MR) is 154 cm³/mol. The second kappa shape index (κ2) is 14.7. The molecule has 40 heavy (non-hydrogen) atoms. The SMILES string of the molecule is Cc1cc(N=Nc2scc[n+]2C)ccc1NCCCNc1ccc(N=Nc2scc[n+]2C)cc1C.O=S(=O)([O-])[O-]. The van der Waals surface area contributed by atoms with E-state index in [1.54, 1.807) is 22.7 Å². The van der Waals surface area contributed by atoms with Crippen LogP contribution in [0.2, 0.25) is 0 Å². The van der Waals surface area contributed by atoms with Crippen LogP contribution in [0.5, 0.6) is 0 Å². The maximum absolute atomic E-state index is 8.52. The quantitative estimate of drug-likeness (QED) is 0.0803. The first kappa shape index (κ1) is 30.9. The van der Waals surface area contributed by atoms with Gasteiger partial charge in [0.15, 0.2) is 0 Å². The Labute approximate surface area is 241 Å². The number of aromatic nitrogens is 2. The van der Waals surface area contributed by atoms with Gasteiger partial charge in [0.25, 0.3) is 0 Å². The summed E-state index contributed by atoms with van der Waals surface area (Å²) in [5.74, 6) is 0. The normalized spacial score (nSPS) is 11.6. The number of rotatable bonds is 10. The van der Waals surface area contributed by atoms with Crippen LogP contribution in [0.3, 0.4) is 0 Å². The van der Waals surface area contributed by atoms with Crippen LogP contribution in [0.4, 0.5) is 33.0 Å². The molecule has 2 N–H and O–H groups in total. The summed E-state index contributed by atoms with van der Waals surface area (Å²) in [5.41, 5.74) is 6.26. The fourth-order valence-corrected chi connectivity index (χ4v) is 4.76. The molecule has 2 aromatic carbocycles. The highest BCUT2D eigenvalue weighted by Crippen LogP contribution is 2.25. The highest BCUT2D eigenvalue weighted by molar-refractivity contribution is 7.79. The Morgan fingerprint density at radius 1 is 0.750 bits per heavy atom. The summed E-state index contributed by atoms with van der Waals surface area (Å²) in [5, 5.41) is 30.2. The minimum Gasteiger partial charge on any atom is -0.759 e. The maximum Gasteiger partial charge on any atom is 0.408 e. The molecule has 0 aliphatic rings. The number of anilines is 2. The number of benzene rings is 2. The lowest BCUT2D eigenvalue weighted by Crippen LogP contribution is -2.23. The second-order valence-electron chi connectivity index (χ2n) is 8.61. The number of azo groups is 2. The highest BCUT2D eigenvalue weighted by atomic mass is 32.3. The Hall–Kier alpha value is -3.63. The maximum atomic E-state index is 8.52. The van der Waals surface area contributed by atoms with E-state index in [-0.39, 0.29) is 0 Å². The number of thiazole rings is 2. The average molecular weight is 603 g/mol. The van der Waals surface area contributed by atoms with Crippen LogP contribution in [0.15, 0.2) is 80.0 Å². The van der Waals surface area contributed by atoms with Crippen molar-refractivity contribution >= 4 is 66.1 Å². The standard InChI is InChI=1S/C25H28N8S2.H2O4S/c1-18-16-20(28-30-24-32(3)12-14-34-24)6-8-22(18)26-10-5-11-27-23-9-7-21(17-19(23)2)29-31-25-33(4)13-15-35-25;1-5(2,3)4/h6-9,12-17H,5,10-11H2,1-4H3;(H2,1,2,3,4). The topological polar surface area (TPSA) is 162 Å². The monoisotopic (exact) mass is 602 g/mol. The van der Waals surface area contributed by atoms with E-state index in [1.165, 1.54) is 0 Å². The molecule has 12 nitrogen and oxygen atoms in total. The molecule has 212 valence electrons. The average Bonchev–Trinajstić information content (AvgIpc) is 3.49. The Kier molecular flexibility index (Phi) is 11.3. The molecule has 2 heterocycles. The van der Waals surface area contributed by atoms with Gasteiger partial charge in [-0.15, -0.1) is 0 Å². The Morgan fingerprint density at radius 3 is 1.48 bits per heavy atom. The van der Waals surface area contributed by atoms with Gasteiger partial charge < -0.3 is 19.7 Å². The molecule has 0 atom stereocenters. The van der Waals surface area contributed by atoms with E-state index in [1.807, 2.05) is 58.5 Å². The molecule has 0 radical (unpaired) electrons. The molecule has 0 spiro atoms. The zero-order valence-electron chi connectivity index (χ0n) is 22.4. The van der Waals surface area contributed by atoms with Crippen LogP contribution in [0.25, 0.3) is 0 Å². The van der Waals surface area contributed by atoms with Crippen LogP contribution < -0.4 is 19.8 Å². The molecule has 0 fully saturated rings. The molecule has 0 unspecified atom stereocenters. The minimum atomic E-state index is -5.17. The summed E-state index contributed by atoms with van der Waals surface area (Å²) in [6, 6.07) is 12.2. The molecule has 15 heteroatoms. The first-order valence-electron chi connectivity index (χ1n) is 12.0. The Balaban J connectivity index is 0.000000810. The lowest BCUT2D eigenvalue weighted by atomic mass is 10.1. The molecule has 2 aromatic heterocycles. The number of hydrogen-bond donors (Lipinski definition) is 2. The molecule has 0 saturated heterocycles. The van der Waals surface area contributed by atoms with Gasteiger partial charge in [-0.1, -0.05) is 0 Å². The fraction of sp³-hybridized carbons (Fsp3) is 0.280. The van der Waals surface area contributed by atoms with Gasteiger partial charge in [-0.25, -0.2) is 9.13 Å². The van der Waals surface area contributed by atoms with Crippen LogP contribution in [0, 0.1) is 13.8 Å². The van der Waals surface area contributed by atoms with E-state index in [2.05, 4.69) is 69.2 Å². The number of nitrogens with zero attached hydrogens (tertiary/aromatic N) is 6. The van der Waals surface area contributed by atoms with Crippen molar-refractivity contribution in [1.29, 1.82) is 0 Å². The summed E-state index contributed by atoms with van der Waals surface area (Å²) in [6.45, 7) is 5.93. The van der Waals surface area contributed by atoms with Crippen molar-refractivity contribution in [2.24, 2.45) is 34.6 Å². The molecule has 0 amide bonds. The van der Waals surface area contributed by atoms with Crippen molar-refractivity contribution in [2.75, 3.05) is 23.7 Å². The highest BCUT2D eigenvalue weighted by Gasteiger charge is 2.09. The molecular formula is C25H30N8O4S3. The van der Waals surface area contributed by atoms with Crippen molar-refractivity contribution in [3.63, 3.8) is 0 Å². The van der Waals surface area contributed by atoms with E-state index >= 15 is 0 Å². The zero-order chi connectivity index (χ0) is 29.1. The zero-order valence-corrected chi connectivity index (χ0v) is 24.9. The van der Waals surface area contributed by atoms with Gasteiger partial charge in [0.2, 0.25) is 0 Å².